The monoisotopic (exact) mass is 539 g/mol. The van der Waals surface area contributed by atoms with Gasteiger partial charge in [-0.1, -0.05) is 82.9 Å². The van der Waals surface area contributed by atoms with Crippen LogP contribution in [0.1, 0.15) is 77.6 Å². The van der Waals surface area contributed by atoms with E-state index in [0.717, 1.165) is 37.8 Å². The van der Waals surface area contributed by atoms with Gasteiger partial charge in [0.25, 0.3) is 15.1 Å². The van der Waals surface area contributed by atoms with E-state index < -0.39 is 37.3 Å². The Morgan fingerprint density at radius 3 is 1.78 bits per heavy atom. The molecule has 200 valence electrons. The summed E-state index contributed by atoms with van der Waals surface area (Å²) in [5.41, 5.74) is 5.93. The second-order valence-corrected chi connectivity index (χ2v) is 12.6. The summed E-state index contributed by atoms with van der Waals surface area (Å²) >= 11 is 0. The van der Waals surface area contributed by atoms with Crippen LogP contribution in [0.5, 0.6) is 0 Å². The molecule has 0 saturated carbocycles. The van der Waals surface area contributed by atoms with Crippen LogP contribution >= 0.6 is 0 Å². The van der Waals surface area contributed by atoms with E-state index in [0.29, 0.717) is 6.42 Å². The molecule has 1 atom stereocenters. The van der Waals surface area contributed by atoms with Crippen molar-refractivity contribution in [1.29, 1.82) is 0 Å². The number of sulfone groups is 1. The van der Waals surface area contributed by atoms with Crippen molar-refractivity contribution in [2.24, 2.45) is 0 Å². The number of carbonyl (C=O) groups is 1. The standard InChI is InChI=1S/C26H37NO7S2/c1-2-3-4-5-6-7-8-9-10-14-21-26(25(28)29,34-36(32,33)24-15-12-11-13-16-24)35(30,31)23-19-17-22(27)18-20-23/h11-13,15-20H,2-10,14,21,27H2,1H3,(H,28,29). The van der Waals surface area contributed by atoms with Crippen molar-refractivity contribution < 1.29 is 30.9 Å². The van der Waals surface area contributed by atoms with E-state index in [2.05, 4.69) is 6.92 Å². The van der Waals surface area contributed by atoms with Gasteiger partial charge in [0.05, 0.1) is 9.79 Å². The average Bonchev–Trinajstić information content (AvgIpc) is 2.85. The van der Waals surface area contributed by atoms with Crippen molar-refractivity contribution in [3.05, 3.63) is 54.6 Å². The van der Waals surface area contributed by atoms with Crippen molar-refractivity contribution in [2.45, 2.75) is 92.3 Å². The van der Waals surface area contributed by atoms with Crippen molar-refractivity contribution in [2.75, 3.05) is 5.73 Å². The maximum absolute atomic E-state index is 13.6. The molecule has 0 aliphatic carbocycles. The van der Waals surface area contributed by atoms with Crippen LogP contribution in [0.15, 0.2) is 64.4 Å². The third kappa shape index (κ3) is 7.78. The molecule has 0 spiro atoms. The lowest BCUT2D eigenvalue weighted by Gasteiger charge is -2.28. The van der Waals surface area contributed by atoms with Crippen molar-refractivity contribution in [1.82, 2.24) is 0 Å². The molecule has 0 aliphatic heterocycles. The summed E-state index contributed by atoms with van der Waals surface area (Å²) in [6.07, 6.45) is 8.93. The highest BCUT2D eigenvalue weighted by molar-refractivity contribution is 7.94. The number of hydrogen-bond donors (Lipinski definition) is 2. The number of unbranched alkanes of at least 4 members (excludes halogenated alkanes) is 9. The predicted molar refractivity (Wildman–Crippen MR) is 140 cm³/mol. The Morgan fingerprint density at radius 1 is 0.778 bits per heavy atom. The number of aliphatic carboxylic acids is 1. The molecule has 0 bridgehead atoms. The van der Waals surface area contributed by atoms with Crippen LogP contribution in [0.25, 0.3) is 0 Å². The number of anilines is 1. The van der Waals surface area contributed by atoms with E-state index in [1.807, 2.05) is 0 Å². The normalized spacial score (nSPS) is 13.8. The van der Waals surface area contributed by atoms with Crippen LogP contribution in [0.4, 0.5) is 5.69 Å². The smallest absolute Gasteiger partial charge is 0.353 e. The molecule has 2 aromatic rings. The number of nitrogens with two attached hydrogens (primary N) is 1. The number of rotatable bonds is 17. The van der Waals surface area contributed by atoms with Gasteiger partial charge in [-0.2, -0.15) is 8.42 Å². The van der Waals surface area contributed by atoms with Crippen molar-refractivity contribution in [3.8, 4) is 0 Å². The molecule has 0 aliphatic rings. The Morgan fingerprint density at radius 2 is 1.28 bits per heavy atom. The molecule has 8 nitrogen and oxygen atoms in total. The molecule has 1 unspecified atom stereocenters. The molecule has 3 N–H and O–H groups in total. The fourth-order valence-corrected chi connectivity index (χ4v) is 7.21. The molecule has 0 heterocycles. The predicted octanol–water partition coefficient (Wildman–Crippen LogP) is 5.54. The fourth-order valence-electron chi connectivity index (χ4n) is 3.97. The van der Waals surface area contributed by atoms with Gasteiger partial charge in [0.2, 0.25) is 9.84 Å². The molecular formula is C26H37NO7S2. The van der Waals surface area contributed by atoms with Crippen LogP contribution in [0, 0.1) is 0 Å². The first-order chi connectivity index (χ1) is 17.1. The summed E-state index contributed by atoms with van der Waals surface area (Å²) in [4.78, 5) is 8.79. The SMILES string of the molecule is CCCCCCCCCCCCC(OS(=O)(=O)c1ccccc1)(C(=O)O)S(=O)(=O)c1ccc(N)cc1. The topological polar surface area (TPSA) is 141 Å². The van der Waals surface area contributed by atoms with Gasteiger partial charge in [-0.25, -0.2) is 17.4 Å². The highest BCUT2D eigenvalue weighted by Gasteiger charge is 2.56. The van der Waals surface area contributed by atoms with Crippen molar-refractivity contribution in [3.63, 3.8) is 0 Å². The largest absolute Gasteiger partial charge is 0.478 e. The Bertz CT molecular complexity index is 1160. The zero-order chi connectivity index (χ0) is 26.7. The van der Waals surface area contributed by atoms with Gasteiger partial charge in [-0.15, -0.1) is 0 Å². The van der Waals surface area contributed by atoms with E-state index >= 15 is 0 Å². The van der Waals surface area contributed by atoms with E-state index in [1.54, 1.807) is 6.07 Å². The second kappa shape index (κ2) is 13.8. The lowest BCUT2D eigenvalue weighted by molar-refractivity contribution is -0.148. The Balaban J connectivity index is 2.25. The minimum Gasteiger partial charge on any atom is -0.478 e. The summed E-state index contributed by atoms with van der Waals surface area (Å²) in [5, 5.41) is 10.1. The molecular weight excluding hydrogens is 502 g/mol. The highest BCUT2D eigenvalue weighted by Crippen LogP contribution is 2.36. The number of benzene rings is 2. The minimum atomic E-state index is -4.79. The summed E-state index contributed by atoms with van der Waals surface area (Å²) < 4.78 is 58.3. The van der Waals surface area contributed by atoms with Crippen LogP contribution in [0.3, 0.4) is 0 Å². The molecule has 0 radical (unpaired) electrons. The summed E-state index contributed by atoms with van der Waals surface area (Å²) in [5.74, 6) is -1.88. The third-order valence-corrected chi connectivity index (χ3v) is 9.77. The van der Waals surface area contributed by atoms with E-state index in [-0.39, 0.29) is 21.9 Å². The lowest BCUT2D eigenvalue weighted by atomic mass is 10.0. The van der Waals surface area contributed by atoms with Crippen molar-refractivity contribution >= 4 is 31.6 Å². The van der Waals surface area contributed by atoms with E-state index in [9.17, 15) is 26.7 Å². The maximum atomic E-state index is 13.6. The Kier molecular flexibility index (Phi) is 11.4. The van der Waals surface area contributed by atoms with Crippen LogP contribution in [0.2, 0.25) is 0 Å². The maximum Gasteiger partial charge on any atom is 0.353 e. The molecule has 0 saturated heterocycles. The lowest BCUT2D eigenvalue weighted by Crippen LogP contribution is -2.50. The van der Waals surface area contributed by atoms with Gasteiger partial charge < -0.3 is 10.8 Å². The third-order valence-electron chi connectivity index (χ3n) is 6.09. The number of carboxylic acid groups (broad SMARTS) is 1. The number of nitrogen functional groups attached to an aromatic ring is 1. The van der Waals surface area contributed by atoms with Gasteiger partial charge in [0.1, 0.15) is 0 Å². The zero-order valence-electron chi connectivity index (χ0n) is 20.8. The first-order valence-electron chi connectivity index (χ1n) is 12.4. The first kappa shape index (κ1) is 29.8. The molecule has 0 aromatic heterocycles. The zero-order valence-corrected chi connectivity index (χ0v) is 22.4. The van der Waals surface area contributed by atoms with Gasteiger partial charge in [-0.05, 0) is 42.8 Å². The van der Waals surface area contributed by atoms with Gasteiger partial charge in [0, 0.05) is 12.1 Å². The summed E-state index contributed by atoms with van der Waals surface area (Å²) in [6.45, 7) is 2.17. The van der Waals surface area contributed by atoms with Crippen LogP contribution < -0.4 is 5.73 Å². The molecule has 2 aromatic carbocycles. The van der Waals surface area contributed by atoms with E-state index in [4.69, 9.17) is 9.92 Å². The van der Waals surface area contributed by atoms with Crippen LogP contribution in [-0.4, -0.2) is 32.8 Å². The minimum absolute atomic E-state index is 0.167. The average molecular weight is 540 g/mol. The molecule has 10 heteroatoms. The highest BCUT2D eigenvalue weighted by atomic mass is 32.2. The van der Waals surface area contributed by atoms with Gasteiger partial charge >= 0.3 is 5.97 Å². The molecule has 36 heavy (non-hydrogen) atoms. The summed E-state index contributed by atoms with van der Waals surface area (Å²) in [6, 6.07) is 11.8. The molecule has 0 fully saturated rings. The Labute approximate surface area is 214 Å². The molecule has 2 rings (SSSR count). The molecule has 0 amide bonds. The quantitative estimate of drug-likeness (QED) is 0.152. The van der Waals surface area contributed by atoms with Gasteiger partial charge in [-0.3, -0.25) is 0 Å². The number of carboxylic acids is 1. The summed E-state index contributed by atoms with van der Waals surface area (Å²) in [7, 11) is -9.50. The van der Waals surface area contributed by atoms with Gasteiger partial charge in [0.15, 0.2) is 0 Å². The fraction of sp³-hybridized carbons (Fsp3) is 0.500. The Hall–Kier alpha value is -2.43. The van der Waals surface area contributed by atoms with Crippen LogP contribution in [-0.2, 0) is 28.9 Å². The first-order valence-corrected chi connectivity index (χ1v) is 15.3. The second-order valence-electron chi connectivity index (χ2n) is 8.91. The van der Waals surface area contributed by atoms with E-state index in [1.165, 1.54) is 62.1 Å². The number of hydrogen-bond acceptors (Lipinski definition) is 7.